The summed E-state index contributed by atoms with van der Waals surface area (Å²) in [6.07, 6.45) is 0.931. The van der Waals surface area contributed by atoms with E-state index in [1.54, 1.807) is 26.1 Å². The molecule has 2 rings (SSSR count). The molecule has 94 valence electrons. The fraction of sp³-hybridized carbons (Fsp3) is 0.273. The quantitative estimate of drug-likeness (QED) is 0.833. The number of amides is 1. The number of carbonyl (C=O) groups is 1. The number of hydrogen-bond acceptors (Lipinski definition) is 5. The maximum atomic E-state index is 11.4. The molecule has 1 unspecified atom stereocenters. The van der Waals surface area contributed by atoms with E-state index in [-0.39, 0.29) is 5.91 Å². The summed E-state index contributed by atoms with van der Waals surface area (Å²) in [5.74, 6) is 0.405. The second-order valence-electron chi connectivity index (χ2n) is 3.63. The molecule has 7 heteroatoms. The zero-order valence-electron chi connectivity index (χ0n) is 10.1. The van der Waals surface area contributed by atoms with Crippen molar-refractivity contribution in [2.45, 2.75) is 13.0 Å². The average Bonchev–Trinajstić information content (AvgIpc) is 2.92. The van der Waals surface area contributed by atoms with Crippen molar-refractivity contribution in [3.63, 3.8) is 0 Å². The Bertz CT molecular complexity index is 526. The number of nitrogens with zero attached hydrogens (tertiary/aromatic N) is 4. The number of aromatic nitrogens is 4. The van der Waals surface area contributed by atoms with Gasteiger partial charge in [0.05, 0.1) is 5.69 Å². The van der Waals surface area contributed by atoms with Crippen molar-refractivity contribution in [2.24, 2.45) is 0 Å². The minimum Gasteiger partial charge on any atom is -0.481 e. The number of likely N-dealkylation sites (N-methyl/N-ethyl adjacent to an activating group) is 1. The summed E-state index contributed by atoms with van der Waals surface area (Å²) in [6, 6.07) is 7.18. The summed E-state index contributed by atoms with van der Waals surface area (Å²) < 4.78 is 7.02. The Hall–Kier alpha value is -2.44. The molecule has 0 bridgehead atoms. The summed E-state index contributed by atoms with van der Waals surface area (Å²) in [4.78, 5) is 11.4. The highest BCUT2D eigenvalue weighted by molar-refractivity contribution is 5.80. The van der Waals surface area contributed by atoms with E-state index in [1.807, 2.05) is 12.1 Å². The van der Waals surface area contributed by atoms with Crippen molar-refractivity contribution < 1.29 is 9.53 Å². The molecule has 0 aliphatic heterocycles. The monoisotopic (exact) mass is 247 g/mol. The number of carbonyl (C=O) groups excluding carboxylic acids is 1. The number of nitrogens with one attached hydrogen (secondary N) is 1. The van der Waals surface area contributed by atoms with Crippen LogP contribution < -0.4 is 10.1 Å². The molecule has 0 fully saturated rings. The summed E-state index contributed by atoms with van der Waals surface area (Å²) in [5.41, 5.74) is 0.765. The summed E-state index contributed by atoms with van der Waals surface area (Å²) in [5, 5.41) is 13.4. The predicted octanol–water partition coefficient (Wildman–Crippen LogP) is 0.176. The normalized spacial score (nSPS) is 11.9. The molecule has 1 aromatic heterocycles. The topological polar surface area (TPSA) is 81.9 Å². The molecule has 1 heterocycles. The molecule has 1 N–H and O–H groups in total. The first-order valence-corrected chi connectivity index (χ1v) is 5.42. The summed E-state index contributed by atoms with van der Waals surface area (Å²) in [7, 11) is 1.57. The van der Waals surface area contributed by atoms with Crippen LogP contribution in [0.15, 0.2) is 30.6 Å². The Morgan fingerprint density at radius 3 is 3.00 bits per heavy atom. The molecule has 1 amide bonds. The molecule has 0 saturated carbocycles. The van der Waals surface area contributed by atoms with Crippen molar-refractivity contribution in [2.75, 3.05) is 7.05 Å². The van der Waals surface area contributed by atoms with E-state index in [4.69, 9.17) is 4.74 Å². The van der Waals surface area contributed by atoms with Crippen LogP contribution in [0, 0.1) is 0 Å². The molecule has 0 radical (unpaired) electrons. The second-order valence-corrected chi connectivity index (χ2v) is 3.63. The highest BCUT2D eigenvalue weighted by Gasteiger charge is 2.12. The number of benzene rings is 1. The molecule has 2 aromatic rings. The molecule has 0 aliphatic rings. The van der Waals surface area contributed by atoms with Crippen molar-refractivity contribution in [1.82, 2.24) is 25.5 Å². The Labute approximate surface area is 104 Å². The molecular formula is C11H13N5O2. The average molecular weight is 247 g/mol. The fourth-order valence-electron chi connectivity index (χ4n) is 1.44. The lowest BCUT2D eigenvalue weighted by molar-refractivity contribution is -0.126. The van der Waals surface area contributed by atoms with Gasteiger partial charge in [-0.1, -0.05) is 6.07 Å². The molecule has 1 atom stereocenters. The zero-order valence-corrected chi connectivity index (χ0v) is 10.1. The lowest BCUT2D eigenvalue weighted by Crippen LogP contribution is -2.33. The maximum Gasteiger partial charge on any atom is 0.260 e. The summed E-state index contributed by atoms with van der Waals surface area (Å²) in [6.45, 7) is 1.68. The first kappa shape index (κ1) is 12.0. The molecular weight excluding hydrogens is 234 g/mol. The van der Waals surface area contributed by atoms with E-state index in [0.717, 1.165) is 5.69 Å². The van der Waals surface area contributed by atoms with Crippen molar-refractivity contribution >= 4 is 5.91 Å². The van der Waals surface area contributed by atoms with Crippen LogP contribution in [0.5, 0.6) is 5.75 Å². The Morgan fingerprint density at radius 2 is 2.33 bits per heavy atom. The molecule has 7 nitrogen and oxygen atoms in total. The van der Waals surface area contributed by atoms with Crippen LogP contribution in [0.1, 0.15) is 6.92 Å². The van der Waals surface area contributed by atoms with E-state index >= 15 is 0 Å². The van der Waals surface area contributed by atoms with Crippen molar-refractivity contribution in [1.29, 1.82) is 0 Å². The lowest BCUT2D eigenvalue weighted by atomic mass is 10.3. The number of hydrogen-bond donors (Lipinski definition) is 1. The Balaban J connectivity index is 2.15. The van der Waals surface area contributed by atoms with E-state index in [9.17, 15) is 4.79 Å². The van der Waals surface area contributed by atoms with Gasteiger partial charge < -0.3 is 10.1 Å². The first-order chi connectivity index (χ1) is 8.70. The van der Waals surface area contributed by atoms with Crippen LogP contribution in [0.4, 0.5) is 0 Å². The number of tetrazole rings is 1. The highest BCUT2D eigenvalue weighted by Crippen LogP contribution is 2.16. The second kappa shape index (κ2) is 5.26. The smallest absolute Gasteiger partial charge is 0.260 e. The first-order valence-electron chi connectivity index (χ1n) is 5.42. The van der Waals surface area contributed by atoms with Crippen LogP contribution in [-0.2, 0) is 4.79 Å². The summed E-state index contributed by atoms with van der Waals surface area (Å²) >= 11 is 0. The SMILES string of the molecule is CNC(=O)C(C)Oc1cccc(-n2cnnn2)c1. The van der Waals surface area contributed by atoms with Crippen molar-refractivity contribution in [3.8, 4) is 11.4 Å². The van der Waals surface area contributed by atoms with Gasteiger partial charge in [0, 0.05) is 13.1 Å². The van der Waals surface area contributed by atoms with Gasteiger partial charge in [-0.05, 0) is 29.5 Å². The Kier molecular flexibility index (Phi) is 3.52. The zero-order chi connectivity index (χ0) is 13.0. The third-order valence-electron chi connectivity index (χ3n) is 2.36. The van der Waals surface area contributed by atoms with E-state index in [0.29, 0.717) is 5.75 Å². The van der Waals surface area contributed by atoms with Gasteiger partial charge in [0.2, 0.25) is 0 Å². The Morgan fingerprint density at radius 1 is 1.50 bits per heavy atom. The van der Waals surface area contributed by atoms with Gasteiger partial charge in [-0.2, -0.15) is 0 Å². The van der Waals surface area contributed by atoms with Gasteiger partial charge >= 0.3 is 0 Å². The highest BCUT2D eigenvalue weighted by atomic mass is 16.5. The van der Waals surface area contributed by atoms with Gasteiger partial charge in [0.25, 0.3) is 5.91 Å². The predicted molar refractivity (Wildman–Crippen MR) is 63.3 cm³/mol. The molecule has 0 saturated heterocycles. The minimum atomic E-state index is -0.556. The molecule has 18 heavy (non-hydrogen) atoms. The van der Waals surface area contributed by atoms with Crippen LogP contribution in [0.25, 0.3) is 5.69 Å². The third kappa shape index (κ3) is 2.62. The largest absolute Gasteiger partial charge is 0.481 e. The molecule has 1 aromatic carbocycles. The standard InChI is InChI=1S/C11H13N5O2/c1-8(11(17)12-2)18-10-5-3-4-9(6-10)16-7-13-14-15-16/h3-8H,1-2H3,(H,12,17). The van der Waals surface area contributed by atoms with Gasteiger partial charge in [-0.3, -0.25) is 4.79 Å². The molecule has 0 aliphatic carbocycles. The van der Waals surface area contributed by atoms with E-state index < -0.39 is 6.10 Å². The minimum absolute atomic E-state index is 0.178. The number of ether oxygens (including phenoxy) is 1. The van der Waals surface area contributed by atoms with E-state index in [2.05, 4.69) is 20.8 Å². The van der Waals surface area contributed by atoms with Crippen LogP contribution >= 0.6 is 0 Å². The van der Waals surface area contributed by atoms with Crippen LogP contribution in [0.3, 0.4) is 0 Å². The lowest BCUT2D eigenvalue weighted by Gasteiger charge is -2.13. The molecule has 0 spiro atoms. The van der Waals surface area contributed by atoms with Crippen molar-refractivity contribution in [3.05, 3.63) is 30.6 Å². The van der Waals surface area contributed by atoms with Gasteiger partial charge in [0.1, 0.15) is 12.1 Å². The van der Waals surface area contributed by atoms with Gasteiger partial charge in [-0.25, -0.2) is 4.68 Å². The van der Waals surface area contributed by atoms with Gasteiger partial charge in [-0.15, -0.1) is 5.10 Å². The van der Waals surface area contributed by atoms with Crippen LogP contribution in [0.2, 0.25) is 0 Å². The third-order valence-corrected chi connectivity index (χ3v) is 2.36. The van der Waals surface area contributed by atoms with Gasteiger partial charge in [0.15, 0.2) is 6.10 Å². The van der Waals surface area contributed by atoms with E-state index in [1.165, 1.54) is 11.0 Å². The fourth-order valence-corrected chi connectivity index (χ4v) is 1.44. The maximum absolute atomic E-state index is 11.4. The van der Waals surface area contributed by atoms with Crippen LogP contribution in [-0.4, -0.2) is 39.3 Å². The number of rotatable bonds is 4.